The lowest BCUT2D eigenvalue weighted by Gasteiger charge is -2.25. The van der Waals surface area contributed by atoms with Crippen molar-refractivity contribution in [3.8, 4) is 0 Å². The summed E-state index contributed by atoms with van der Waals surface area (Å²) in [5.41, 5.74) is 0. The van der Waals surface area contributed by atoms with E-state index in [2.05, 4.69) is 160 Å². The van der Waals surface area contributed by atoms with E-state index in [-0.39, 0.29) is 32.2 Å². The Morgan fingerprint density at radius 2 is 0.524 bits per heavy atom. The summed E-state index contributed by atoms with van der Waals surface area (Å²) < 4.78 is 23.1. The first kappa shape index (κ1) is 98.2. The van der Waals surface area contributed by atoms with Gasteiger partial charge in [0.2, 0.25) is 0 Å². The fourth-order valence-corrected chi connectivity index (χ4v) is 12.1. The highest BCUT2D eigenvalue weighted by atomic mass is 16.7. The average Bonchev–Trinajstić information content (AvgIpc) is 0.985. The first-order valence-corrected chi connectivity index (χ1v) is 43.0. The number of unbranched alkanes of at least 4 members (excludes halogenated alkanes) is 40. The van der Waals surface area contributed by atoms with Gasteiger partial charge in [0.15, 0.2) is 6.10 Å². The van der Waals surface area contributed by atoms with Crippen molar-refractivity contribution in [2.24, 2.45) is 0 Å². The number of carbonyl (C=O) groups excluding carboxylic acids is 2. The first-order valence-electron chi connectivity index (χ1n) is 43.0. The zero-order valence-electron chi connectivity index (χ0n) is 67.7. The van der Waals surface area contributed by atoms with E-state index >= 15 is 0 Å². The summed E-state index contributed by atoms with van der Waals surface area (Å²) in [5.74, 6) is -1.99. The SMILES string of the molecule is CC/C=C\C/C=C\C/C=C\C/C=C\C/C=C\C/C=C\C/C=C\C/C=C\CCCCCCCCCCCCCCCCC(=O)OC(COC(=O)CCCCCCCCCCCCCCCCCCCCCCCCCCCC/C=C\C/C=C\C/C=C\C/C=C\CC)COC(OCC[N+](C)(C)C)C(=O)O. The standard InChI is InChI=1S/C94H161NO8/c1-6-8-10-12-14-16-18-20-22-24-26-28-30-32-34-36-38-40-42-44-46-48-50-52-54-56-58-60-62-64-66-68-70-72-74-76-78-80-82-84-91(96)101-88-90(89-102-94(93(98)99)100-87-86-95(3,4)5)103-92(97)85-83-81-79-77-75-73-71-69-67-65-63-61-59-57-55-53-51-49-47-45-43-41-39-37-35-33-31-29-27-25-23-21-19-17-15-13-11-9-7-2/h8-11,14-17,20-23,26-29,33,35,39,41,45,47,51,53,90,94H,6-7,12-13,18-19,24-25,30-32,34,36-38,40,42-44,46,48-50,52,54-89H2,1-5H3/p+1/b10-8-,11-9-,16-14-,17-15-,22-20-,23-21-,28-26-,29-27-,35-33-,41-39-,47-45-,53-51-. The lowest BCUT2D eigenvalue weighted by molar-refractivity contribution is -0.870. The number of carboxylic acid groups (broad SMARTS) is 1. The van der Waals surface area contributed by atoms with Gasteiger partial charge in [-0.25, -0.2) is 4.79 Å². The van der Waals surface area contributed by atoms with Crippen molar-refractivity contribution in [2.45, 2.75) is 386 Å². The number of likely N-dealkylation sites (N-methyl/N-ethyl adjacent to an activating group) is 1. The zero-order valence-corrected chi connectivity index (χ0v) is 67.7. The summed E-state index contributed by atoms with van der Waals surface area (Å²) in [7, 11) is 5.99. The van der Waals surface area contributed by atoms with Crippen LogP contribution < -0.4 is 0 Å². The molecule has 0 aromatic rings. The third-order valence-electron chi connectivity index (χ3n) is 18.6. The van der Waals surface area contributed by atoms with Gasteiger partial charge in [-0.15, -0.1) is 0 Å². The van der Waals surface area contributed by atoms with Crippen LogP contribution in [0.1, 0.15) is 373 Å². The Labute approximate surface area is 636 Å². The van der Waals surface area contributed by atoms with Crippen LogP contribution in [-0.2, 0) is 33.3 Å². The Kier molecular flexibility index (Phi) is 78.9. The van der Waals surface area contributed by atoms with Gasteiger partial charge in [0, 0.05) is 12.8 Å². The lowest BCUT2D eigenvalue weighted by Crippen LogP contribution is -2.40. The molecule has 9 nitrogen and oxygen atoms in total. The second-order valence-corrected chi connectivity index (χ2v) is 29.7. The number of quaternary nitrogens is 1. The molecule has 590 valence electrons. The summed E-state index contributed by atoms with van der Waals surface area (Å²) in [4.78, 5) is 37.8. The molecule has 0 fully saturated rings. The van der Waals surface area contributed by atoms with Crippen molar-refractivity contribution in [3.05, 3.63) is 146 Å². The van der Waals surface area contributed by atoms with Crippen LogP contribution in [0, 0.1) is 0 Å². The van der Waals surface area contributed by atoms with E-state index in [0.717, 1.165) is 116 Å². The van der Waals surface area contributed by atoms with Gasteiger partial charge in [0.1, 0.15) is 13.2 Å². The van der Waals surface area contributed by atoms with Gasteiger partial charge in [0.05, 0.1) is 34.4 Å². The Morgan fingerprint density at radius 1 is 0.291 bits per heavy atom. The molecule has 0 aliphatic heterocycles. The lowest BCUT2D eigenvalue weighted by atomic mass is 10.0. The van der Waals surface area contributed by atoms with Crippen LogP contribution in [0.25, 0.3) is 0 Å². The number of hydrogen-bond acceptors (Lipinski definition) is 7. The molecule has 0 rings (SSSR count). The van der Waals surface area contributed by atoms with Crippen molar-refractivity contribution in [3.63, 3.8) is 0 Å². The Hall–Kier alpha value is -4.83. The van der Waals surface area contributed by atoms with Crippen LogP contribution in [0.4, 0.5) is 0 Å². The predicted molar refractivity (Wildman–Crippen MR) is 447 cm³/mol. The van der Waals surface area contributed by atoms with Crippen LogP contribution in [0.5, 0.6) is 0 Å². The number of allylic oxidation sites excluding steroid dienone is 24. The normalized spacial score (nSPS) is 13.4. The van der Waals surface area contributed by atoms with E-state index in [4.69, 9.17) is 18.9 Å². The fraction of sp³-hybridized carbons (Fsp3) is 0.713. The van der Waals surface area contributed by atoms with Crippen molar-refractivity contribution >= 4 is 17.9 Å². The van der Waals surface area contributed by atoms with E-state index < -0.39 is 24.3 Å². The molecule has 0 radical (unpaired) electrons. The molecule has 103 heavy (non-hydrogen) atoms. The van der Waals surface area contributed by atoms with E-state index in [1.807, 2.05) is 21.1 Å². The monoisotopic (exact) mass is 1430 g/mol. The number of esters is 2. The van der Waals surface area contributed by atoms with Crippen molar-refractivity contribution in [1.82, 2.24) is 0 Å². The summed E-state index contributed by atoms with van der Waals surface area (Å²) in [6, 6.07) is 0. The molecule has 0 aromatic carbocycles. The molecular weight excluding hydrogens is 1270 g/mol. The predicted octanol–water partition coefficient (Wildman–Crippen LogP) is 28.2. The largest absolute Gasteiger partial charge is 0.477 e. The molecular formula is C94H162NO8+. The average molecular weight is 1430 g/mol. The van der Waals surface area contributed by atoms with Gasteiger partial charge < -0.3 is 28.5 Å². The number of carboxylic acids is 1. The van der Waals surface area contributed by atoms with Crippen molar-refractivity contribution in [1.29, 1.82) is 0 Å². The number of nitrogens with zero attached hydrogens (tertiary/aromatic N) is 1. The number of hydrogen-bond donors (Lipinski definition) is 1. The molecule has 0 saturated heterocycles. The smallest absolute Gasteiger partial charge is 0.361 e. The molecule has 2 atom stereocenters. The van der Waals surface area contributed by atoms with Crippen LogP contribution in [0.3, 0.4) is 0 Å². The second-order valence-electron chi connectivity index (χ2n) is 29.7. The minimum absolute atomic E-state index is 0.183. The number of ether oxygens (including phenoxy) is 4. The molecule has 0 spiro atoms. The van der Waals surface area contributed by atoms with E-state index in [0.29, 0.717) is 17.4 Å². The fourth-order valence-electron chi connectivity index (χ4n) is 12.1. The third kappa shape index (κ3) is 84.3. The quantitative estimate of drug-likeness (QED) is 0.0211. The zero-order chi connectivity index (χ0) is 74.6. The summed E-state index contributed by atoms with van der Waals surface area (Å²) >= 11 is 0. The Morgan fingerprint density at radius 3 is 0.777 bits per heavy atom. The highest BCUT2D eigenvalue weighted by Crippen LogP contribution is 2.19. The van der Waals surface area contributed by atoms with E-state index in [1.165, 1.54) is 231 Å². The maximum Gasteiger partial charge on any atom is 0.361 e. The van der Waals surface area contributed by atoms with Gasteiger partial charge >= 0.3 is 17.9 Å². The molecule has 1 N–H and O–H groups in total. The number of carbonyl (C=O) groups is 3. The van der Waals surface area contributed by atoms with Gasteiger partial charge in [0.25, 0.3) is 6.29 Å². The van der Waals surface area contributed by atoms with Gasteiger partial charge in [-0.05, 0) is 116 Å². The van der Waals surface area contributed by atoms with Gasteiger partial charge in [-0.3, -0.25) is 9.59 Å². The van der Waals surface area contributed by atoms with E-state index in [1.54, 1.807) is 0 Å². The van der Waals surface area contributed by atoms with Crippen molar-refractivity contribution in [2.75, 3.05) is 47.5 Å². The molecule has 0 amide bonds. The molecule has 0 heterocycles. The maximum atomic E-state index is 13.0. The highest BCUT2D eigenvalue weighted by Gasteiger charge is 2.25. The first-order chi connectivity index (χ1) is 50.6. The second kappa shape index (κ2) is 82.8. The van der Waals surface area contributed by atoms with Crippen molar-refractivity contribution < 1.29 is 42.9 Å². The number of rotatable bonds is 79. The summed E-state index contributed by atoms with van der Waals surface area (Å²) in [5, 5.41) is 9.79. The third-order valence-corrected chi connectivity index (χ3v) is 18.6. The molecule has 0 bridgehead atoms. The molecule has 0 aliphatic carbocycles. The molecule has 9 heteroatoms. The molecule has 0 aliphatic rings. The van der Waals surface area contributed by atoms with Crippen LogP contribution >= 0.6 is 0 Å². The molecule has 2 unspecified atom stereocenters. The van der Waals surface area contributed by atoms with Crippen LogP contribution in [0.2, 0.25) is 0 Å². The van der Waals surface area contributed by atoms with Gasteiger partial charge in [-0.1, -0.05) is 391 Å². The number of aliphatic carboxylic acids is 1. The molecule has 0 aromatic heterocycles. The maximum absolute atomic E-state index is 13.0. The minimum atomic E-state index is -1.52. The van der Waals surface area contributed by atoms with E-state index in [9.17, 15) is 19.5 Å². The topological polar surface area (TPSA) is 108 Å². The van der Waals surface area contributed by atoms with Crippen LogP contribution in [0.15, 0.2) is 146 Å². The van der Waals surface area contributed by atoms with Gasteiger partial charge in [-0.2, -0.15) is 0 Å². The molecule has 0 saturated carbocycles. The van der Waals surface area contributed by atoms with Crippen LogP contribution in [-0.4, -0.2) is 87.4 Å². The summed E-state index contributed by atoms with van der Waals surface area (Å²) in [6.07, 6.45) is 119. The minimum Gasteiger partial charge on any atom is -0.477 e. The summed E-state index contributed by atoms with van der Waals surface area (Å²) in [6.45, 7) is 4.69. The Bertz CT molecular complexity index is 2220. The Balaban J connectivity index is 3.99. The highest BCUT2D eigenvalue weighted by molar-refractivity contribution is 5.71.